The maximum Gasteiger partial charge on any atom is 0.254 e. The van der Waals surface area contributed by atoms with Crippen molar-refractivity contribution in [3.63, 3.8) is 0 Å². The number of furan rings is 1. The first-order chi connectivity index (χ1) is 11.6. The third-order valence-corrected chi connectivity index (χ3v) is 4.75. The molecule has 1 aliphatic carbocycles. The first-order valence-electron chi connectivity index (χ1n) is 8.70. The van der Waals surface area contributed by atoms with Gasteiger partial charge in [0.05, 0.1) is 23.7 Å². The van der Waals surface area contributed by atoms with Crippen molar-refractivity contribution < 1.29 is 14.3 Å². The summed E-state index contributed by atoms with van der Waals surface area (Å²) in [6.45, 7) is 1.88. The maximum absolute atomic E-state index is 12.6. The quantitative estimate of drug-likeness (QED) is 0.757. The lowest BCUT2D eigenvalue weighted by Gasteiger charge is -2.22. The van der Waals surface area contributed by atoms with Crippen LogP contribution in [0.15, 0.2) is 29.0 Å². The summed E-state index contributed by atoms with van der Waals surface area (Å²) in [6, 6.07) is 3.30. The Balaban J connectivity index is 1.59. The molecule has 0 spiro atoms. The Morgan fingerprint density at radius 2 is 2.25 bits per heavy atom. The molecule has 0 aromatic carbocycles. The fraction of sp³-hybridized carbons (Fsp3) is 0.556. The zero-order valence-electron chi connectivity index (χ0n) is 14.0. The molecule has 0 radical (unpaired) electrons. The predicted molar refractivity (Wildman–Crippen MR) is 89.6 cm³/mol. The summed E-state index contributed by atoms with van der Waals surface area (Å²) in [6.07, 6.45) is 8.71. The molecule has 2 heterocycles. The molecule has 2 aromatic heterocycles. The van der Waals surface area contributed by atoms with Gasteiger partial charge in [-0.1, -0.05) is 19.3 Å². The second-order valence-electron chi connectivity index (χ2n) is 6.67. The van der Waals surface area contributed by atoms with Gasteiger partial charge in [0.15, 0.2) is 0 Å². The van der Waals surface area contributed by atoms with E-state index >= 15 is 0 Å². The lowest BCUT2D eigenvalue weighted by molar-refractivity contribution is 0.0901. The Hall–Kier alpha value is -2.08. The molecule has 6 heteroatoms. The number of rotatable bonds is 6. The van der Waals surface area contributed by atoms with Crippen LogP contribution in [0.2, 0.25) is 0 Å². The van der Waals surface area contributed by atoms with Crippen LogP contribution in [-0.4, -0.2) is 27.3 Å². The molecule has 0 saturated heterocycles. The van der Waals surface area contributed by atoms with Gasteiger partial charge in [-0.25, -0.2) is 0 Å². The van der Waals surface area contributed by atoms with Crippen molar-refractivity contribution in [1.82, 2.24) is 15.5 Å². The lowest BCUT2D eigenvalue weighted by Crippen LogP contribution is -2.34. The van der Waals surface area contributed by atoms with Crippen LogP contribution in [0.4, 0.5) is 0 Å². The van der Waals surface area contributed by atoms with E-state index in [1.165, 1.54) is 25.5 Å². The van der Waals surface area contributed by atoms with Gasteiger partial charge in [-0.2, -0.15) is 5.10 Å². The second-order valence-corrected chi connectivity index (χ2v) is 6.67. The van der Waals surface area contributed by atoms with Gasteiger partial charge in [0.2, 0.25) is 0 Å². The lowest BCUT2D eigenvalue weighted by atomic mass is 9.85. The smallest absolute Gasteiger partial charge is 0.254 e. The third kappa shape index (κ3) is 3.87. The number of aliphatic hydroxyl groups excluding tert-OH is 1. The molecule has 0 aliphatic heterocycles. The van der Waals surface area contributed by atoms with Crippen molar-refractivity contribution >= 4 is 5.91 Å². The van der Waals surface area contributed by atoms with Crippen LogP contribution in [0.5, 0.6) is 0 Å². The minimum Gasteiger partial charge on any atom is -0.467 e. The van der Waals surface area contributed by atoms with Crippen molar-refractivity contribution in [2.45, 2.75) is 63.5 Å². The summed E-state index contributed by atoms with van der Waals surface area (Å²) < 4.78 is 5.19. The Morgan fingerprint density at radius 1 is 1.46 bits per heavy atom. The Morgan fingerprint density at radius 3 is 2.96 bits per heavy atom. The van der Waals surface area contributed by atoms with E-state index in [1.807, 2.05) is 6.92 Å². The molecule has 2 aromatic rings. The fourth-order valence-electron chi connectivity index (χ4n) is 3.47. The van der Waals surface area contributed by atoms with Gasteiger partial charge in [-0.05, 0) is 31.9 Å². The number of amides is 1. The summed E-state index contributed by atoms with van der Waals surface area (Å²) >= 11 is 0. The molecule has 0 bridgehead atoms. The van der Waals surface area contributed by atoms with Crippen molar-refractivity contribution in [3.8, 4) is 0 Å². The summed E-state index contributed by atoms with van der Waals surface area (Å²) in [4.78, 5) is 12.6. The summed E-state index contributed by atoms with van der Waals surface area (Å²) in [5.74, 6) is 0.775. The van der Waals surface area contributed by atoms with Crippen LogP contribution < -0.4 is 5.32 Å². The Kier molecular flexibility index (Phi) is 5.35. The van der Waals surface area contributed by atoms with Crippen molar-refractivity contribution in [1.29, 1.82) is 0 Å². The van der Waals surface area contributed by atoms with Gasteiger partial charge in [-0.3, -0.25) is 9.89 Å². The highest BCUT2D eigenvalue weighted by Crippen LogP contribution is 2.33. The SMILES string of the molecule is C[C@@H](C[C@H](O)c1ccco1)NC(=O)c1cn[nH]c1C1CCCCC1. The van der Waals surface area contributed by atoms with Crippen molar-refractivity contribution in [2.24, 2.45) is 0 Å². The fourth-order valence-corrected chi connectivity index (χ4v) is 3.47. The Bertz CT molecular complexity index is 644. The third-order valence-electron chi connectivity index (χ3n) is 4.75. The highest BCUT2D eigenvalue weighted by Gasteiger charge is 2.24. The van der Waals surface area contributed by atoms with Crippen LogP contribution in [0.1, 0.15) is 79.3 Å². The molecule has 6 nitrogen and oxygen atoms in total. The van der Waals surface area contributed by atoms with Crippen LogP contribution >= 0.6 is 0 Å². The molecule has 1 amide bonds. The molecule has 2 atom stereocenters. The number of aromatic amines is 1. The normalized spacial score (nSPS) is 18.2. The van der Waals surface area contributed by atoms with Gasteiger partial charge in [0.25, 0.3) is 5.91 Å². The minimum atomic E-state index is -0.725. The zero-order valence-corrected chi connectivity index (χ0v) is 14.0. The monoisotopic (exact) mass is 331 g/mol. The zero-order chi connectivity index (χ0) is 16.9. The highest BCUT2D eigenvalue weighted by atomic mass is 16.4. The molecule has 1 aliphatic rings. The standard InChI is InChI=1S/C18H25N3O3/c1-12(10-15(22)16-8-5-9-24-16)20-18(23)14-11-19-21-17(14)13-6-3-2-4-7-13/h5,8-9,11-13,15,22H,2-4,6-7,10H2,1H3,(H,19,21)(H,20,23)/t12-,15-/m0/s1. The van der Waals surface area contributed by atoms with Gasteiger partial charge in [0, 0.05) is 18.4 Å². The predicted octanol–water partition coefficient (Wildman–Crippen LogP) is 3.29. The van der Waals surface area contributed by atoms with Crippen LogP contribution in [0.3, 0.4) is 0 Å². The molecule has 0 unspecified atom stereocenters. The van der Waals surface area contributed by atoms with E-state index in [2.05, 4.69) is 15.5 Å². The van der Waals surface area contributed by atoms with E-state index in [9.17, 15) is 9.90 Å². The van der Waals surface area contributed by atoms with Gasteiger partial charge >= 0.3 is 0 Å². The highest BCUT2D eigenvalue weighted by molar-refractivity contribution is 5.95. The molecule has 3 rings (SSSR count). The van der Waals surface area contributed by atoms with E-state index in [0.29, 0.717) is 23.7 Å². The van der Waals surface area contributed by atoms with Crippen LogP contribution in [0.25, 0.3) is 0 Å². The van der Waals surface area contributed by atoms with E-state index in [1.54, 1.807) is 18.3 Å². The van der Waals surface area contributed by atoms with E-state index in [4.69, 9.17) is 4.42 Å². The molecule has 3 N–H and O–H groups in total. The number of carbonyl (C=O) groups is 1. The molecule has 130 valence electrons. The number of aromatic nitrogens is 2. The molecular formula is C18H25N3O3. The first-order valence-corrected chi connectivity index (χ1v) is 8.70. The van der Waals surface area contributed by atoms with Crippen molar-refractivity contribution in [3.05, 3.63) is 41.6 Å². The van der Waals surface area contributed by atoms with Gasteiger partial charge in [0.1, 0.15) is 11.9 Å². The number of hydrogen-bond donors (Lipinski definition) is 3. The number of carbonyl (C=O) groups excluding carboxylic acids is 1. The second kappa shape index (κ2) is 7.66. The number of hydrogen-bond acceptors (Lipinski definition) is 4. The topological polar surface area (TPSA) is 91.2 Å². The van der Waals surface area contributed by atoms with Crippen LogP contribution in [-0.2, 0) is 0 Å². The summed E-state index contributed by atoms with van der Waals surface area (Å²) in [5, 5.41) is 20.2. The number of nitrogens with zero attached hydrogens (tertiary/aromatic N) is 1. The van der Waals surface area contributed by atoms with E-state index in [0.717, 1.165) is 18.5 Å². The minimum absolute atomic E-state index is 0.136. The molecule has 1 saturated carbocycles. The first kappa shape index (κ1) is 16.8. The summed E-state index contributed by atoms with van der Waals surface area (Å²) in [7, 11) is 0. The maximum atomic E-state index is 12.6. The van der Waals surface area contributed by atoms with Gasteiger partial charge in [-0.15, -0.1) is 0 Å². The molecule has 1 fully saturated rings. The van der Waals surface area contributed by atoms with Gasteiger partial charge < -0.3 is 14.8 Å². The average Bonchev–Trinajstić information content (AvgIpc) is 3.27. The largest absolute Gasteiger partial charge is 0.467 e. The molecule has 24 heavy (non-hydrogen) atoms. The van der Waals surface area contributed by atoms with Crippen molar-refractivity contribution in [2.75, 3.05) is 0 Å². The van der Waals surface area contributed by atoms with E-state index in [-0.39, 0.29) is 11.9 Å². The van der Waals surface area contributed by atoms with Crippen LogP contribution in [0, 0.1) is 0 Å². The summed E-state index contributed by atoms with van der Waals surface area (Å²) in [5.41, 5.74) is 1.58. The number of aliphatic hydroxyl groups is 1. The Labute approximate surface area is 141 Å². The number of H-pyrrole nitrogens is 1. The van der Waals surface area contributed by atoms with E-state index < -0.39 is 6.10 Å². The molecular weight excluding hydrogens is 306 g/mol. The number of nitrogens with one attached hydrogen (secondary N) is 2. The average molecular weight is 331 g/mol.